The molecule has 3 rings (SSSR count). The lowest BCUT2D eigenvalue weighted by Crippen LogP contribution is -2.48. The zero-order valence-corrected chi connectivity index (χ0v) is 13.8. The molecular weight excluding hydrogens is 304 g/mol. The number of urea groups is 1. The SMILES string of the molecule is Cc1ccc(O[C@@H]2CCCN(C(=O)NCc3ccccc3)C2)nn1. The molecule has 1 aliphatic heterocycles. The van der Waals surface area contributed by atoms with E-state index in [0.29, 0.717) is 19.0 Å². The van der Waals surface area contributed by atoms with Crippen LogP contribution in [0.5, 0.6) is 5.88 Å². The first-order valence-corrected chi connectivity index (χ1v) is 8.24. The quantitative estimate of drug-likeness (QED) is 0.937. The molecule has 126 valence electrons. The maximum Gasteiger partial charge on any atom is 0.317 e. The molecule has 1 aromatic heterocycles. The molecule has 2 amide bonds. The number of nitrogens with one attached hydrogen (secondary N) is 1. The van der Waals surface area contributed by atoms with Crippen LogP contribution in [-0.2, 0) is 6.54 Å². The number of amides is 2. The minimum atomic E-state index is -0.0536. The summed E-state index contributed by atoms with van der Waals surface area (Å²) in [5, 5.41) is 11.0. The Labute approximate surface area is 141 Å². The van der Waals surface area contributed by atoms with Gasteiger partial charge in [0, 0.05) is 19.2 Å². The van der Waals surface area contributed by atoms with Gasteiger partial charge in [-0.15, -0.1) is 5.10 Å². The predicted molar refractivity (Wildman–Crippen MR) is 90.7 cm³/mol. The predicted octanol–water partition coefficient (Wildman–Crippen LogP) is 2.54. The molecule has 1 saturated heterocycles. The molecule has 1 atom stereocenters. The highest BCUT2D eigenvalue weighted by Gasteiger charge is 2.25. The molecule has 6 heteroatoms. The second-order valence-electron chi connectivity index (χ2n) is 5.99. The molecule has 0 spiro atoms. The molecule has 1 N–H and O–H groups in total. The minimum Gasteiger partial charge on any atom is -0.471 e. The summed E-state index contributed by atoms with van der Waals surface area (Å²) >= 11 is 0. The van der Waals surface area contributed by atoms with Gasteiger partial charge in [0.05, 0.1) is 12.2 Å². The molecule has 0 saturated carbocycles. The first kappa shape index (κ1) is 16.2. The fraction of sp³-hybridized carbons (Fsp3) is 0.389. The Morgan fingerprint density at radius 2 is 2.08 bits per heavy atom. The molecule has 0 unspecified atom stereocenters. The van der Waals surface area contributed by atoms with Gasteiger partial charge in [-0.05, 0) is 31.4 Å². The average molecular weight is 326 g/mol. The number of hydrogen-bond donors (Lipinski definition) is 1. The zero-order chi connectivity index (χ0) is 16.8. The Morgan fingerprint density at radius 1 is 1.25 bits per heavy atom. The van der Waals surface area contributed by atoms with Crippen molar-refractivity contribution in [3.05, 3.63) is 53.7 Å². The maximum absolute atomic E-state index is 12.3. The standard InChI is InChI=1S/C18H22N4O2/c1-14-9-10-17(21-20-14)24-16-8-5-11-22(13-16)18(23)19-12-15-6-3-2-4-7-15/h2-4,6-7,9-10,16H,5,8,11-13H2,1H3,(H,19,23)/t16-/m1/s1. The Hall–Kier alpha value is -2.63. The third-order valence-electron chi connectivity index (χ3n) is 4.01. The second-order valence-corrected chi connectivity index (χ2v) is 5.99. The van der Waals surface area contributed by atoms with E-state index in [1.165, 1.54) is 0 Å². The molecule has 0 bridgehead atoms. The van der Waals surface area contributed by atoms with Gasteiger partial charge in [0.15, 0.2) is 0 Å². The molecular formula is C18H22N4O2. The Balaban J connectivity index is 1.51. The van der Waals surface area contributed by atoms with Crippen LogP contribution in [0.15, 0.2) is 42.5 Å². The van der Waals surface area contributed by atoms with E-state index in [1.807, 2.05) is 49.4 Å². The van der Waals surface area contributed by atoms with Gasteiger partial charge in [-0.1, -0.05) is 30.3 Å². The van der Waals surface area contributed by atoms with Crippen LogP contribution in [0.25, 0.3) is 0 Å². The van der Waals surface area contributed by atoms with Gasteiger partial charge in [0.25, 0.3) is 0 Å². The highest BCUT2D eigenvalue weighted by molar-refractivity contribution is 5.74. The fourth-order valence-electron chi connectivity index (χ4n) is 2.72. The van der Waals surface area contributed by atoms with Gasteiger partial charge >= 0.3 is 6.03 Å². The van der Waals surface area contributed by atoms with Crippen LogP contribution in [0.4, 0.5) is 4.79 Å². The van der Waals surface area contributed by atoms with Crippen molar-refractivity contribution in [2.45, 2.75) is 32.4 Å². The van der Waals surface area contributed by atoms with Crippen LogP contribution >= 0.6 is 0 Å². The van der Waals surface area contributed by atoms with Crippen LogP contribution in [0.3, 0.4) is 0 Å². The van der Waals surface area contributed by atoms with E-state index >= 15 is 0 Å². The molecule has 2 heterocycles. The van der Waals surface area contributed by atoms with Crippen LogP contribution < -0.4 is 10.1 Å². The van der Waals surface area contributed by atoms with Gasteiger partial charge in [0.1, 0.15) is 6.10 Å². The lowest BCUT2D eigenvalue weighted by atomic mass is 10.1. The summed E-state index contributed by atoms with van der Waals surface area (Å²) < 4.78 is 5.86. The van der Waals surface area contributed by atoms with Crippen molar-refractivity contribution in [1.82, 2.24) is 20.4 Å². The first-order valence-electron chi connectivity index (χ1n) is 8.24. The van der Waals surface area contributed by atoms with Crippen molar-refractivity contribution in [1.29, 1.82) is 0 Å². The van der Waals surface area contributed by atoms with E-state index in [0.717, 1.165) is 30.6 Å². The maximum atomic E-state index is 12.3. The van der Waals surface area contributed by atoms with E-state index < -0.39 is 0 Å². The van der Waals surface area contributed by atoms with E-state index in [9.17, 15) is 4.79 Å². The van der Waals surface area contributed by atoms with E-state index in [2.05, 4.69) is 15.5 Å². The Bertz CT molecular complexity index is 660. The van der Waals surface area contributed by atoms with Crippen molar-refractivity contribution in [3.8, 4) is 5.88 Å². The minimum absolute atomic E-state index is 0.0433. The van der Waals surface area contributed by atoms with E-state index in [-0.39, 0.29) is 12.1 Å². The van der Waals surface area contributed by atoms with Crippen LogP contribution in [0.2, 0.25) is 0 Å². The molecule has 1 aliphatic rings. The average Bonchev–Trinajstić information content (AvgIpc) is 2.63. The largest absolute Gasteiger partial charge is 0.471 e. The molecule has 6 nitrogen and oxygen atoms in total. The number of likely N-dealkylation sites (tertiary alicyclic amines) is 1. The third-order valence-corrected chi connectivity index (χ3v) is 4.01. The number of carbonyl (C=O) groups is 1. The summed E-state index contributed by atoms with van der Waals surface area (Å²) in [6.07, 6.45) is 1.79. The summed E-state index contributed by atoms with van der Waals surface area (Å²) in [6, 6.07) is 13.5. The second kappa shape index (κ2) is 7.77. The number of benzene rings is 1. The first-order chi connectivity index (χ1) is 11.7. The third kappa shape index (κ3) is 4.44. The van der Waals surface area contributed by atoms with Crippen LogP contribution in [0, 0.1) is 6.92 Å². The van der Waals surface area contributed by atoms with Crippen LogP contribution in [0.1, 0.15) is 24.1 Å². The number of aryl methyl sites for hydroxylation is 1. The van der Waals surface area contributed by atoms with Crippen molar-refractivity contribution in [2.24, 2.45) is 0 Å². The molecule has 0 radical (unpaired) electrons. The van der Waals surface area contributed by atoms with Crippen molar-refractivity contribution >= 4 is 6.03 Å². The highest BCUT2D eigenvalue weighted by atomic mass is 16.5. The van der Waals surface area contributed by atoms with Gasteiger partial charge in [-0.2, -0.15) is 5.10 Å². The summed E-state index contributed by atoms with van der Waals surface area (Å²) in [6.45, 7) is 3.73. The molecule has 2 aromatic rings. The van der Waals surface area contributed by atoms with Gasteiger partial charge in [-0.3, -0.25) is 0 Å². The Morgan fingerprint density at radius 3 is 2.83 bits per heavy atom. The Kier molecular flexibility index (Phi) is 5.25. The van der Waals surface area contributed by atoms with Crippen molar-refractivity contribution in [3.63, 3.8) is 0 Å². The molecule has 0 aliphatic carbocycles. The zero-order valence-electron chi connectivity index (χ0n) is 13.8. The van der Waals surface area contributed by atoms with Crippen molar-refractivity contribution in [2.75, 3.05) is 13.1 Å². The monoisotopic (exact) mass is 326 g/mol. The number of carbonyl (C=O) groups excluding carboxylic acids is 1. The smallest absolute Gasteiger partial charge is 0.317 e. The van der Waals surface area contributed by atoms with Gasteiger partial charge in [-0.25, -0.2) is 4.79 Å². The highest BCUT2D eigenvalue weighted by Crippen LogP contribution is 2.16. The molecule has 1 fully saturated rings. The number of ether oxygens (including phenoxy) is 1. The van der Waals surface area contributed by atoms with Crippen molar-refractivity contribution < 1.29 is 9.53 Å². The lowest BCUT2D eigenvalue weighted by Gasteiger charge is -2.32. The number of hydrogen-bond acceptors (Lipinski definition) is 4. The van der Waals surface area contributed by atoms with Gasteiger partial charge in [0.2, 0.25) is 5.88 Å². The number of piperidine rings is 1. The number of aromatic nitrogens is 2. The van der Waals surface area contributed by atoms with Gasteiger partial charge < -0.3 is 15.0 Å². The molecule has 1 aromatic carbocycles. The summed E-state index contributed by atoms with van der Waals surface area (Å²) in [5.74, 6) is 0.511. The van der Waals surface area contributed by atoms with E-state index in [4.69, 9.17) is 4.74 Å². The lowest BCUT2D eigenvalue weighted by molar-refractivity contribution is 0.0968. The normalized spacial score (nSPS) is 17.4. The number of rotatable bonds is 4. The summed E-state index contributed by atoms with van der Waals surface area (Å²) in [5.41, 5.74) is 1.94. The molecule has 24 heavy (non-hydrogen) atoms. The van der Waals surface area contributed by atoms with Crippen LogP contribution in [-0.4, -0.2) is 40.3 Å². The topological polar surface area (TPSA) is 67.3 Å². The number of nitrogens with zero attached hydrogens (tertiary/aromatic N) is 3. The summed E-state index contributed by atoms with van der Waals surface area (Å²) in [7, 11) is 0. The van der Waals surface area contributed by atoms with E-state index in [1.54, 1.807) is 4.90 Å². The summed E-state index contributed by atoms with van der Waals surface area (Å²) in [4.78, 5) is 14.1. The fourth-order valence-corrected chi connectivity index (χ4v) is 2.72.